The van der Waals surface area contributed by atoms with Crippen molar-refractivity contribution in [2.45, 2.75) is 11.8 Å². The molecule has 4 nitrogen and oxygen atoms in total. The fourth-order valence-corrected chi connectivity index (χ4v) is 1.47. The van der Waals surface area contributed by atoms with Gasteiger partial charge in [-0.25, -0.2) is 10.2 Å². The molecular formula is C11H12Cl2N2O2. The summed E-state index contributed by atoms with van der Waals surface area (Å²) in [5.41, 5.74) is 3.32. The van der Waals surface area contributed by atoms with Crippen molar-refractivity contribution >= 4 is 35.0 Å². The number of carbonyl (C=O) groups excluding carboxylic acids is 1. The lowest BCUT2D eigenvalue weighted by molar-refractivity contribution is 0.152. The van der Waals surface area contributed by atoms with Crippen molar-refractivity contribution in [3.05, 3.63) is 35.9 Å². The minimum absolute atomic E-state index is 0.271. The number of halogens is 2. The molecule has 0 atom stereocenters. The Balaban J connectivity index is 2.80. The average molecular weight is 275 g/mol. The first kappa shape index (κ1) is 13.8. The van der Waals surface area contributed by atoms with Crippen LogP contribution in [-0.4, -0.2) is 23.2 Å². The van der Waals surface area contributed by atoms with E-state index in [2.05, 4.69) is 15.3 Å². The van der Waals surface area contributed by atoms with Gasteiger partial charge in [-0.05, 0) is 6.92 Å². The summed E-state index contributed by atoms with van der Waals surface area (Å²) in [6, 6.07) is 9.10. The van der Waals surface area contributed by atoms with Crippen LogP contribution in [0.4, 0.5) is 4.79 Å². The van der Waals surface area contributed by atoms with Crippen molar-refractivity contribution in [1.82, 2.24) is 5.43 Å². The Morgan fingerprint density at radius 2 is 2.06 bits per heavy atom. The van der Waals surface area contributed by atoms with Gasteiger partial charge in [0.15, 0.2) is 4.84 Å². The second-order valence-electron chi connectivity index (χ2n) is 3.00. The summed E-state index contributed by atoms with van der Waals surface area (Å²) in [4.78, 5) is 10.2. The Morgan fingerprint density at radius 3 is 2.59 bits per heavy atom. The zero-order valence-electron chi connectivity index (χ0n) is 9.19. The summed E-state index contributed by atoms with van der Waals surface area (Å²) < 4.78 is 4.66. The lowest BCUT2D eigenvalue weighted by Crippen LogP contribution is -2.23. The van der Waals surface area contributed by atoms with Gasteiger partial charge < -0.3 is 4.74 Å². The molecule has 0 radical (unpaired) electrons. The number of nitrogens with zero attached hydrogens (tertiary/aromatic N) is 1. The highest BCUT2D eigenvalue weighted by Crippen LogP contribution is 2.12. The van der Waals surface area contributed by atoms with Gasteiger partial charge in [0.1, 0.15) is 5.71 Å². The number of hydrogen-bond acceptors (Lipinski definition) is 3. The number of rotatable bonds is 4. The summed E-state index contributed by atoms with van der Waals surface area (Å²) in [5.74, 6) is 0. The highest BCUT2D eigenvalue weighted by atomic mass is 35.5. The average Bonchev–Trinajstić information content (AvgIpc) is 2.30. The molecule has 1 aromatic carbocycles. The molecule has 0 heterocycles. The molecule has 1 aromatic rings. The maximum absolute atomic E-state index is 11.1. The number of amides is 1. The topological polar surface area (TPSA) is 50.7 Å². The summed E-state index contributed by atoms with van der Waals surface area (Å²) in [7, 11) is 0. The van der Waals surface area contributed by atoms with Crippen LogP contribution in [0, 0.1) is 0 Å². The van der Waals surface area contributed by atoms with Crippen LogP contribution in [0.2, 0.25) is 0 Å². The Hall–Kier alpha value is -1.26. The summed E-state index contributed by atoms with van der Waals surface area (Å²) in [5, 5.41) is 3.84. The number of hydrazone groups is 1. The molecule has 1 amide bonds. The molecule has 0 fully saturated rings. The van der Waals surface area contributed by atoms with Crippen LogP contribution >= 0.6 is 23.2 Å². The highest BCUT2D eigenvalue weighted by Gasteiger charge is 2.12. The third-order valence-electron chi connectivity index (χ3n) is 1.82. The van der Waals surface area contributed by atoms with Crippen molar-refractivity contribution in [2.24, 2.45) is 5.10 Å². The Bertz CT molecular complexity index is 394. The molecule has 0 unspecified atom stereocenters. The maximum atomic E-state index is 11.1. The normalized spacial score (nSPS) is 11.4. The third-order valence-corrected chi connectivity index (χ3v) is 2.23. The van der Waals surface area contributed by atoms with Crippen molar-refractivity contribution in [2.75, 3.05) is 6.61 Å². The number of nitrogens with one attached hydrogen (secondary N) is 1. The van der Waals surface area contributed by atoms with E-state index in [0.717, 1.165) is 5.56 Å². The van der Waals surface area contributed by atoms with Gasteiger partial charge in [-0.3, -0.25) is 0 Å². The first-order valence-electron chi connectivity index (χ1n) is 4.99. The second kappa shape index (κ2) is 7.14. The Labute approximate surface area is 110 Å². The van der Waals surface area contributed by atoms with Crippen LogP contribution in [-0.2, 0) is 4.74 Å². The van der Waals surface area contributed by atoms with Crippen LogP contribution in [0.3, 0.4) is 0 Å². The molecular weight excluding hydrogens is 263 g/mol. The van der Waals surface area contributed by atoms with Gasteiger partial charge in [0.05, 0.1) is 6.61 Å². The van der Waals surface area contributed by atoms with E-state index in [0.29, 0.717) is 5.71 Å². The van der Waals surface area contributed by atoms with Crippen LogP contribution in [0.15, 0.2) is 35.4 Å². The molecule has 17 heavy (non-hydrogen) atoms. The van der Waals surface area contributed by atoms with E-state index >= 15 is 0 Å². The molecule has 0 aliphatic rings. The van der Waals surface area contributed by atoms with Crippen LogP contribution in [0.5, 0.6) is 0 Å². The highest BCUT2D eigenvalue weighted by molar-refractivity contribution is 6.56. The fourth-order valence-electron chi connectivity index (χ4n) is 1.12. The Morgan fingerprint density at radius 1 is 1.41 bits per heavy atom. The fraction of sp³-hybridized carbons (Fsp3) is 0.273. The van der Waals surface area contributed by atoms with Gasteiger partial charge in [0.2, 0.25) is 0 Å². The number of benzene rings is 1. The van der Waals surface area contributed by atoms with Crippen LogP contribution < -0.4 is 5.43 Å². The summed E-state index contributed by atoms with van der Waals surface area (Å²) in [6.07, 6.45) is -0.644. The zero-order chi connectivity index (χ0) is 12.7. The Kier molecular flexibility index (Phi) is 5.80. The summed E-state index contributed by atoms with van der Waals surface area (Å²) >= 11 is 11.6. The van der Waals surface area contributed by atoms with Crippen molar-refractivity contribution in [3.63, 3.8) is 0 Å². The van der Waals surface area contributed by atoms with Gasteiger partial charge in [-0.1, -0.05) is 53.5 Å². The van der Waals surface area contributed by atoms with Crippen LogP contribution in [0.25, 0.3) is 0 Å². The predicted octanol–water partition coefficient (Wildman–Crippen LogP) is 2.94. The molecule has 1 rings (SSSR count). The predicted molar refractivity (Wildman–Crippen MR) is 68.6 cm³/mol. The van der Waals surface area contributed by atoms with Crippen molar-refractivity contribution in [3.8, 4) is 0 Å². The third kappa shape index (κ3) is 4.63. The molecule has 92 valence electrons. The molecule has 0 aliphatic carbocycles. The quantitative estimate of drug-likeness (QED) is 0.521. The maximum Gasteiger partial charge on any atom is 0.427 e. The van der Waals surface area contributed by atoms with Gasteiger partial charge >= 0.3 is 6.09 Å². The van der Waals surface area contributed by atoms with Gasteiger partial charge in [-0.2, -0.15) is 5.10 Å². The first-order chi connectivity index (χ1) is 8.15. The molecule has 0 bridgehead atoms. The standard InChI is InChI=1S/C11H12Cl2N2O2/c1-2-17-11(16)15-14-9(10(12)13)8-6-4-3-5-7-8/h3-7,10H,2H2,1H3,(H,15,16)/b14-9+. The van der Waals surface area contributed by atoms with Gasteiger partial charge in [0, 0.05) is 5.56 Å². The van der Waals surface area contributed by atoms with Gasteiger partial charge in [0.25, 0.3) is 0 Å². The van der Waals surface area contributed by atoms with E-state index < -0.39 is 10.9 Å². The molecule has 6 heteroatoms. The molecule has 0 spiro atoms. The van der Waals surface area contributed by atoms with E-state index in [4.69, 9.17) is 23.2 Å². The minimum atomic E-state index is -0.834. The van der Waals surface area contributed by atoms with E-state index in [1.807, 2.05) is 18.2 Å². The lowest BCUT2D eigenvalue weighted by Gasteiger charge is -2.07. The number of alkyl halides is 2. The molecule has 0 aromatic heterocycles. The second-order valence-corrected chi connectivity index (χ2v) is 4.09. The van der Waals surface area contributed by atoms with Crippen LogP contribution in [0.1, 0.15) is 12.5 Å². The monoisotopic (exact) mass is 274 g/mol. The molecule has 0 aliphatic heterocycles. The largest absolute Gasteiger partial charge is 0.449 e. The lowest BCUT2D eigenvalue weighted by atomic mass is 10.1. The van der Waals surface area contributed by atoms with Crippen molar-refractivity contribution < 1.29 is 9.53 Å². The smallest absolute Gasteiger partial charge is 0.427 e. The minimum Gasteiger partial charge on any atom is -0.449 e. The number of ether oxygens (including phenoxy) is 1. The summed E-state index contributed by atoms with van der Waals surface area (Å²) in [6.45, 7) is 1.97. The van der Waals surface area contributed by atoms with E-state index in [1.54, 1.807) is 19.1 Å². The SMILES string of the molecule is CCOC(=O)N/N=C(\c1ccccc1)C(Cl)Cl. The van der Waals surface area contributed by atoms with Gasteiger partial charge in [-0.15, -0.1) is 0 Å². The van der Waals surface area contributed by atoms with E-state index in [1.165, 1.54) is 0 Å². The zero-order valence-corrected chi connectivity index (χ0v) is 10.7. The molecule has 0 saturated heterocycles. The van der Waals surface area contributed by atoms with E-state index in [-0.39, 0.29) is 6.61 Å². The first-order valence-corrected chi connectivity index (χ1v) is 5.86. The molecule has 1 N–H and O–H groups in total. The van der Waals surface area contributed by atoms with Crippen molar-refractivity contribution in [1.29, 1.82) is 0 Å². The molecule has 0 saturated carbocycles. The number of hydrogen-bond donors (Lipinski definition) is 1. The number of carbonyl (C=O) groups is 1. The van der Waals surface area contributed by atoms with E-state index in [9.17, 15) is 4.79 Å².